The lowest BCUT2D eigenvalue weighted by molar-refractivity contribution is -0.122. The molecule has 0 spiro atoms. The van der Waals surface area contributed by atoms with Gasteiger partial charge in [0.2, 0.25) is 5.91 Å². The monoisotopic (exact) mass is 467 g/mol. The lowest BCUT2D eigenvalue weighted by Crippen LogP contribution is -2.21. The molecule has 4 rings (SSSR count). The molecule has 184 valence electrons. The number of hydrogen-bond donors (Lipinski definition) is 1. The molecule has 2 unspecified atom stereocenters. The van der Waals surface area contributed by atoms with Crippen molar-refractivity contribution >= 4 is 5.91 Å². The van der Waals surface area contributed by atoms with E-state index in [0.29, 0.717) is 25.3 Å². The fourth-order valence-electron chi connectivity index (χ4n) is 4.99. The van der Waals surface area contributed by atoms with Crippen molar-refractivity contribution in [2.75, 3.05) is 27.4 Å². The predicted molar refractivity (Wildman–Crippen MR) is 132 cm³/mol. The third kappa shape index (κ3) is 5.60. The first-order valence-electron chi connectivity index (χ1n) is 12.5. The van der Waals surface area contributed by atoms with Gasteiger partial charge in [-0.25, -0.2) is 0 Å². The zero-order valence-electron chi connectivity index (χ0n) is 20.6. The number of benzene rings is 2. The van der Waals surface area contributed by atoms with Gasteiger partial charge in [-0.2, -0.15) is 0 Å². The fourth-order valence-corrected chi connectivity index (χ4v) is 4.99. The van der Waals surface area contributed by atoms with E-state index in [1.807, 2.05) is 24.3 Å². The van der Waals surface area contributed by atoms with Gasteiger partial charge in [-0.3, -0.25) is 4.79 Å². The van der Waals surface area contributed by atoms with Crippen molar-refractivity contribution in [3.05, 3.63) is 47.5 Å². The Morgan fingerprint density at radius 3 is 2.44 bits per heavy atom. The van der Waals surface area contributed by atoms with Crippen molar-refractivity contribution in [2.45, 2.75) is 63.9 Å². The molecule has 1 heterocycles. The minimum atomic E-state index is -0.163. The van der Waals surface area contributed by atoms with Gasteiger partial charge in [-0.05, 0) is 73.9 Å². The number of ether oxygens (including phenoxy) is 4. The first-order valence-corrected chi connectivity index (χ1v) is 12.5. The molecular formula is C28H37NO5. The molecule has 2 aliphatic rings. The van der Waals surface area contributed by atoms with E-state index in [0.717, 1.165) is 54.1 Å². The van der Waals surface area contributed by atoms with E-state index in [4.69, 9.17) is 18.9 Å². The van der Waals surface area contributed by atoms with Crippen LogP contribution in [0.5, 0.6) is 23.0 Å². The number of amides is 1. The third-order valence-corrected chi connectivity index (χ3v) is 6.97. The van der Waals surface area contributed by atoms with Crippen LogP contribution in [0.15, 0.2) is 36.4 Å². The number of methoxy groups -OCH3 is 2. The van der Waals surface area contributed by atoms with Crippen LogP contribution < -0.4 is 24.3 Å². The first-order chi connectivity index (χ1) is 16.6. The Kier molecular flexibility index (Phi) is 8.20. The lowest BCUT2D eigenvalue weighted by atomic mass is 9.84. The Hall–Kier alpha value is -2.89. The van der Waals surface area contributed by atoms with Gasteiger partial charge in [0.05, 0.1) is 32.8 Å². The highest BCUT2D eigenvalue weighted by Gasteiger charge is 2.36. The van der Waals surface area contributed by atoms with E-state index >= 15 is 0 Å². The van der Waals surface area contributed by atoms with Gasteiger partial charge in [0, 0.05) is 12.5 Å². The quantitative estimate of drug-likeness (QED) is 0.456. The number of nitrogens with one attached hydrogen (secondary N) is 1. The lowest BCUT2D eigenvalue weighted by Gasteiger charge is -2.21. The van der Waals surface area contributed by atoms with Crippen molar-refractivity contribution in [3.8, 4) is 23.0 Å². The van der Waals surface area contributed by atoms with Crippen LogP contribution in [0.1, 0.15) is 62.5 Å². The summed E-state index contributed by atoms with van der Waals surface area (Å²) in [6.45, 7) is 3.43. The molecule has 34 heavy (non-hydrogen) atoms. The van der Waals surface area contributed by atoms with Crippen molar-refractivity contribution in [1.82, 2.24) is 5.32 Å². The van der Waals surface area contributed by atoms with E-state index in [1.165, 1.54) is 12.8 Å². The molecule has 1 saturated carbocycles. The molecular weight excluding hydrogens is 430 g/mol. The summed E-state index contributed by atoms with van der Waals surface area (Å²) in [6, 6.07) is 12.1. The summed E-state index contributed by atoms with van der Waals surface area (Å²) in [7, 11) is 3.32. The van der Waals surface area contributed by atoms with Gasteiger partial charge in [-0.15, -0.1) is 0 Å². The molecule has 1 aliphatic heterocycles. The van der Waals surface area contributed by atoms with E-state index in [2.05, 4.69) is 24.4 Å². The maximum atomic E-state index is 12.8. The summed E-state index contributed by atoms with van der Waals surface area (Å²) < 4.78 is 23.3. The van der Waals surface area contributed by atoms with Crippen LogP contribution >= 0.6 is 0 Å². The molecule has 2 aromatic carbocycles. The van der Waals surface area contributed by atoms with Gasteiger partial charge in [0.1, 0.15) is 0 Å². The van der Waals surface area contributed by atoms with Crippen LogP contribution in [0.25, 0.3) is 0 Å². The van der Waals surface area contributed by atoms with E-state index in [1.54, 1.807) is 14.2 Å². The van der Waals surface area contributed by atoms with Gasteiger partial charge in [0.15, 0.2) is 23.0 Å². The Morgan fingerprint density at radius 1 is 0.941 bits per heavy atom. The van der Waals surface area contributed by atoms with Crippen LogP contribution in [0.2, 0.25) is 0 Å². The second-order valence-corrected chi connectivity index (χ2v) is 9.28. The van der Waals surface area contributed by atoms with Gasteiger partial charge < -0.3 is 24.3 Å². The number of carbonyl (C=O) groups excluding carboxylic acids is 1. The summed E-state index contributed by atoms with van der Waals surface area (Å²) in [5.41, 5.74) is 2.16. The van der Waals surface area contributed by atoms with Crippen LogP contribution in [0.3, 0.4) is 0 Å². The number of hydrogen-bond acceptors (Lipinski definition) is 5. The minimum Gasteiger partial charge on any atom is -0.493 e. The number of carbonyl (C=O) groups is 1. The van der Waals surface area contributed by atoms with Gasteiger partial charge in [-0.1, -0.05) is 25.5 Å². The Bertz CT molecular complexity index is 969. The molecule has 0 aromatic heterocycles. The molecule has 6 heteroatoms. The Morgan fingerprint density at radius 2 is 1.71 bits per heavy atom. The van der Waals surface area contributed by atoms with E-state index in [9.17, 15) is 4.79 Å². The molecule has 2 aromatic rings. The molecule has 1 aliphatic carbocycles. The summed E-state index contributed by atoms with van der Waals surface area (Å²) in [5, 5.41) is 3.07. The molecule has 1 amide bonds. The smallest absolute Gasteiger partial charge is 0.224 e. The fraction of sp³-hybridized carbons (Fsp3) is 0.536. The van der Waals surface area contributed by atoms with Crippen LogP contribution in [0.4, 0.5) is 0 Å². The van der Waals surface area contributed by atoms with Gasteiger partial charge >= 0.3 is 0 Å². The summed E-state index contributed by atoms with van der Waals surface area (Å²) in [5.74, 6) is 2.96. The average molecular weight is 468 g/mol. The van der Waals surface area contributed by atoms with E-state index in [-0.39, 0.29) is 23.8 Å². The van der Waals surface area contributed by atoms with Crippen LogP contribution in [-0.2, 0) is 11.2 Å². The Balaban J connectivity index is 1.52. The molecule has 1 N–H and O–H groups in total. The first kappa shape index (κ1) is 24.2. The van der Waals surface area contributed by atoms with Crippen molar-refractivity contribution in [3.63, 3.8) is 0 Å². The number of rotatable bonds is 11. The SMILES string of the molecule is CCCCOc1ccc(CC2C(=O)NCC2c2ccc(OC)c(OC3CCCC3)c2)cc1OC. The van der Waals surface area contributed by atoms with E-state index < -0.39 is 0 Å². The molecule has 1 saturated heterocycles. The maximum Gasteiger partial charge on any atom is 0.224 e. The standard InChI is InChI=1S/C28H37NO5/c1-4-5-14-33-25-12-10-19(16-26(25)32-3)15-22-23(18-29-28(22)30)20-11-13-24(31-2)27(17-20)34-21-8-6-7-9-21/h10-13,16-17,21-23H,4-9,14-15,18H2,1-3H3,(H,29,30). The largest absolute Gasteiger partial charge is 0.493 e. The highest BCUT2D eigenvalue weighted by Crippen LogP contribution is 2.39. The second-order valence-electron chi connectivity index (χ2n) is 9.28. The summed E-state index contributed by atoms with van der Waals surface area (Å²) >= 11 is 0. The minimum absolute atomic E-state index is 0.0656. The van der Waals surface area contributed by atoms with Crippen LogP contribution in [0, 0.1) is 5.92 Å². The molecule has 2 fully saturated rings. The predicted octanol–water partition coefficient (Wildman–Crippen LogP) is 5.28. The summed E-state index contributed by atoms with van der Waals surface area (Å²) in [6.07, 6.45) is 7.55. The maximum absolute atomic E-state index is 12.8. The second kappa shape index (κ2) is 11.5. The zero-order valence-corrected chi connectivity index (χ0v) is 20.6. The Labute approximate surface area is 202 Å². The van der Waals surface area contributed by atoms with Gasteiger partial charge in [0.25, 0.3) is 0 Å². The molecule has 0 radical (unpaired) electrons. The zero-order chi connectivity index (χ0) is 23.9. The van der Waals surface area contributed by atoms with Crippen molar-refractivity contribution in [2.24, 2.45) is 5.92 Å². The molecule has 2 atom stereocenters. The molecule has 6 nitrogen and oxygen atoms in total. The van der Waals surface area contributed by atoms with Crippen molar-refractivity contribution in [1.29, 1.82) is 0 Å². The highest BCUT2D eigenvalue weighted by atomic mass is 16.5. The normalized spacial score (nSPS) is 20.3. The van der Waals surface area contributed by atoms with Crippen molar-refractivity contribution < 1.29 is 23.7 Å². The highest BCUT2D eigenvalue weighted by molar-refractivity contribution is 5.82. The summed E-state index contributed by atoms with van der Waals surface area (Å²) in [4.78, 5) is 12.8. The molecule has 0 bridgehead atoms. The number of unbranched alkanes of at least 4 members (excludes halogenated alkanes) is 1. The topological polar surface area (TPSA) is 66.0 Å². The average Bonchev–Trinajstić information content (AvgIpc) is 3.50. The van der Waals surface area contributed by atoms with Crippen LogP contribution in [-0.4, -0.2) is 39.4 Å². The third-order valence-electron chi connectivity index (χ3n) is 6.97.